The lowest BCUT2D eigenvalue weighted by Gasteiger charge is -2.11. The first kappa shape index (κ1) is 15.6. The van der Waals surface area contributed by atoms with Gasteiger partial charge in [-0.15, -0.1) is 0 Å². The number of aryl methyl sites for hydroxylation is 5. The van der Waals surface area contributed by atoms with Crippen LogP contribution < -0.4 is 4.74 Å². The van der Waals surface area contributed by atoms with E-state index in [9.17, 15) is 0 Å². The predicted molar refractivity (Wildman–Crippen MR) is 95.2 cm³/mol. The van der Waals surface area contributed by atoms with Crippen LogP contribution in [0.3, 0.4) is 0 Å². The molecule has 0 saturated carbocycles. The minimum Gasteiger partial charge on any atom is -0.493 e. The van der Waals surface area contributed by atoms with Gasteiger partial charge < -0.3 is 9.30 Å². The van der Waals surface area contributed by atoms with Crippen molar-refractivity contribution in [1.82, 2.24) is 9.55 Å². The Bertz CT molecular complexity index is 833. The summed E-state index contributed by atoms with van der Waals surface area (Å²) in [6.45, 7) is 10.1. The molecule has 2 aromatic carbocycles. The van der Waals surface area contributed by atoms with E-state index in [4.69, 9.17) is 4.74 Å². The monoisotopic (exact) mass is 308 g/mol. The molecule has 23 heavy (non-hydrogen) atoms. The van der Waals surface area contributed by atoms with Crippen molar-refractivity contribution >= 4 is 11.0 Å². The normalized spacial score (nSPS) is 11.1. The van der Waals surface area contributed by atoms with Gasteiger partial charge in [0.05, 0.1) is 24.0 Å². The van der Waals surface area contributed by atoms with Gasteiger partial charge in [0, 0.05) is 6.54 Å². The summed E-state index contributed by atoms with van der Waals surface area (Å²) in [5.41, 5.74) is 7.31. The number of aromatic nitrogens is 2. The third-order valence-corrected chi connectivity index (χ3v) is 4.38. The van der Waals surface area contributed by atoms with Crippen LogP contribution in [0.2, 0.25) is 0 Å². The van der Waals surface area contributed by atoms with Crippen molar-refractivity contribution in [2.24, 2.45) is 0 Å². The smallest absolute Gasteiger partial charge is 0.122 e. The summed E-state index contributed by atoms with van der Waals surface area (Å²) in [6, 6.07) is 10.7. The van der Waals surface area contributed by atoms with Gasteiger partial charge in [0.2, 0.25) is 0 Å². The Balaban J connectivity index is 1.63. The van der Waals surface area contributed by atoms with Crippen molar-refractivity contribution in [3.8, 4) is 5.75 Å². The van der Waals surface area contributed by atoms with E-state index in [1.807, 2.05) is 6.33 Å². The molecule has 1 heterocycles. The van der Waals surface area contributed by atoms with E-state index in [0.29, 0.717) is 0 Å². The Kier molecular flexibility index (Phi) is 4.37. The van der Waals surface area contributed by atoms with Crippen LogP contribution in [0.25, 0.3) is 11.0 Å². The molecule has 0 N–H and O–H groups in total. The van der Waals surface area contributed by atoms with Crippen LogP contribution in [0.1, 0.15) is 28.7 Å². The van der Waals surface area contributed by atoms with Gasteiger partial charge in [-0.3, -0.25) is 0 Å². The van der Waals surface area contributed by atoms with Crippen LogP contribution in [0.5, 0.6) is 5.75 Å². The molecule has 0 bridgehead atoms. The van der Waals surface area contributed by atoms with Crippen LogP contribution in [-0.4, -0.2) is 16.2 Å². The molecule has 0 aliphatic carbocycles. The van der Waals surface area contributed by atoms with Crippen molar-refractivity contribution in [3.05, 3.63) is 58.9 Å². The molecular formula is C20H24N2O. The fourth-order valence-corrected chi connectivity index (χ4v) is 2.77. The topological polar surface area (TPSA) is 27.1 Å². The molecule has 3 aromatic rings. The van der Waals surface area contributed by atoms with E-state index < -0.39 is 0 Å². The molecule has 1 aromatic heterocycles. The highest BCUT2D eigenvalue weighted by Gasteiger charge is 2.05. The van der Waals surface area contributed by atoms with Gasteiger partial charge in [0.1, 0.15) is 5.75 Å². The number of fused-ring (bicyclic) bond motifs is 1. The highest BCUT2D eigenvalue weighted by molar-refractivity contribution is 5.77. The molecule has 0 fully saturated rings. The molecule has 3 nitrogen and oxygen atoms in total. The molecule has 0 aliphatic heterocycles. The summed E-state index contributed by atoms with van der Waals surface area (Å²) in [5.74, 6) is 0.993. The van der Waals surface area contributed by atoms with Crippen LogP contribution in [-0.2, 0) is 6.54 Å². The molecule has 0 aliphatic rings. The maximum absolute atomic E-state index is 5.94. The quantitative estimate of drug-likeness (QED) is 0.637. The maximum atomic E-state index is 5.94. The first-order valence-electron chi connectivity index (χ1n) is 8.17. The number of imidazole rings is 1. The van der Waals surface area contributed by atoms with E-state index in [2.05, 4.69) is 67.6 Å². The van der Waals surface area contributed by atoms with Gasteiger partial charge in [-0.05, 0) is 74.6 Å². The zero-order chi connectivity index (χ0) is 16.4. The second-order valence-electron chi connectivity index (χ2n) is 6.33. The molecule has 0 amide bonds. The Morgan fingerprint density at radius 2 is 1.74 bits per heavy atom. The number of nitrogens with zero attached hydrogens (tertiary/aromatic N) is 2. The fraction of sp³-hybridized carbons (Fsp3) is 0.350. The first-order valence-corrected chi connectivity index (χ1v) is 8.17. The zero-order valence-corrected chi connectivity index (χ0v) is 14.4. The minimum absolute atomic E-state index is 0.717. The Hall–Kier alpha value is -2.29. The largest absolute Gasteiger partial charge is 0.493 e. The third-order valence-electron chi connectivity index (χ3n) is 4.38. The van der Waals surface area contributed by atoms with E-state index >= 15 is 0 Å². The average Bonchev–Trinajstić information content (AvgIpc) is 2.89. The van der Waals surface area contributed by atoms with E-state index in [-0.39, 0.29) is 0 Å². The molecule has 0 radical (unpaired) electrons. The predicted octanol–water partition coefficient (Wildman–Crippen LogP) is 4.74. The lowest BCUT2D eigenvalue weighted by atomic mass is 10.1. The van der Waals surface area contributed by atoms with Crippen molar-refractivity contribution < 1.29 is 4.74 Å². The standard InChI is InChI=1S/C20H24N2O/c1-14-6-7-15(2)20(10-14)23-9-5-8-22-13-21-18-11-16(3)17(4)12-19(18)22/h6-7,10-13H,5,8-9H2,1-4H3. The highest BCUT2D eigenvalue weighted by atomic mass is 16.5. The summed E-state index contributed by atoms with van der Waals surface area (Å²) in [6.07, 6.45) is 2.90. The van der Waals surface area contributed by atoms with E-state index in [0.717, 1.165) is 30.8 Å². The molecule has 0 saturated heterocycles. The zero-order valence-electron chi connectivity index (χ0n) is 14.4. The molecule has 0 atom stereocenters. The molecule has 0 spiro atoms. The van der Waals surface area contributed by atoms with Gasteiger partial charge in [-0.25, -0.2) is 4.98 Å². The second kappa shape index (κ2) is 6.45. The van der Waals surface area contributed by atoms with Crippen LogP contribution >= 0.6 is 0 Å². The fourth-order valence-electron chi connectivity index (χ4n) is 2.77. The first-order chi connectivity index (χ1) is 11.0. The summed E-state index contributed by atoms with van der Waals surface area (Å²) >= 11 is 0. The summed E-state index contributed by atoms with van der Waals surface area (Å²) in [7, 11) is 0. The number of benzene rings is 2. The van der Waals surface area contributed by atoms with Gasteiger partial charge >= 0.3 is 0 Å². The van der Waals surface area contributed by atoms with Gasteiger partial charge in [-0.2, -0.15) is 0 Å². The van der Waals surface area contributed by atoms with Crippen molar-refractivity contribution in [1.29, 1.82) is 0 Å². The molecule has 3 rings (SSSR count). The highest BCUT2D eigenvalue weighted by Crippen LogP contribution is 2.20. The number of hydrogen-bond donors (Lipinski definition) is 0. The Morgan fingerprint density at radius 1 is 0.957 bits per heavy atom. The number of ether oxygens (including phenoxy) is 1. The van der Waals surface area contributed by atoms with Crippen LogP contribution in [0, 0.1) is 27.7 Å². The molecule has 3 heteroatoms. The summed E-state index contributed by atoms with van der Waals surface area (Å²) < 4.78 is 8.15. The molecule has 0 unspecified atom stereocenters. The molecular weight excluding hydrogens is 284 g/mol. The lowest BCUT2D eigenvalue weighted by Crippen LogP contribution is -2.04. The van der Waals surface area contributed by atoms with E-state index in [1.54, 1.807) is 0 Å². The van der Waals surface area contributed by atoms with Gasteiger partial charge in [0.25, 0.3) is 0 Å². The van der Waals surface area contributed by atoms with Gasteiger partial charge in [-0.1, -0.05) is 12.1 Å². The summed E-state index contributed by atoms with van der Waals surface area (Å²) in [4.78, 5) is 4.51. The minimum atomic E-state index is 0.717. The summed E-state index contributed by atoms with van der Waals surface area (Å²) in [5, 5.41) is 0. The van der Waals surface area contributed by atoms with Crippen molar-refractivity contribution in [3.63, 3.8) is 0 Å². The number of hydrogen-bond acceptors (Lipinski definition) is 2. The third kappa shape index (κ3) is 3.39. The van der Waals surface area contributed by atoms with Crippen molar-refractivity contribution in [2.45, 2.75) is 40.7 Å². The van der Waals surface area contributed by atoms with Gasteiger partial charge in [0.15, 0.2) is 0 Å². The maximum Gasteiger partial charge on any atom is 0.122 e. The van der Waals surface area contributed by atoms with Crippen LogP contribution in [0.4, 0.5) is 0 Å². The SMILES string of the molecule is Cc1ccc(C)c(OCCCn2cnc3cc(C)c(C)cc32)c1. The van der Waals surface area contributed by atoms with Crippen LogP contribution in [0.15, 0.2) is 36.7 Å². The molecule has 120 valence electrons. The lowest BCUT2D eigenvalue weighted by molar-refractivity contribution is 0.300. The second-order valence-corrected chi connectivity index (χ2v) is 6.33. The average molecular weight is 308 g/mol. The van der Waals surface area contributed by atoms with E-state index in [1.165, 1.54) is 27.8 Å². The Labute approximate surface area is 137 Å². The Morgan fingerprint density at radius 3 is 2.57 bits per heavy atom. The number of rotatable bonds is 5. The van der Waals surface area contributed by atoms with Crippen molar-refractivity contribution in [2.75, 3.05) is 6.61 Å².